The van der Waals surface area contributed by atoms with Crippen LogP contribution in [0.4, 0.5) is 5.69 Å². The smallest absolute Gasteiger partial charge is 0.271 e. The molecule has 0 aliphatic carbocycles. The van der Waals surface area contributed by atoms with Gasteiger partial charge in [-0.05, 0) is 50.2 Å². The van der Waals surface area contributed by atoms with E-state index in [-0.39, 0.29) is 11.3 Å². The van der Waals surface area contributed by atoms with Crippen LogP contribution in [0.1, 0.15) is 34.6 Å². The van der Waals surface area contributed by atoms with Crippen molar-refractivity contribution in [3.8, 4) is 5.75 Å². The second kappa shape index (κ2) is 9.74. The Balaban J connectivity index is 1.95. The van der Waals surface area contributed by atoms with Crippen molar-refractivity contribution in [2.75, 3.05) is 7.11 Å². The minimum atomic E-state index is -0.552. The number of nitro benzene ring substituents is 1. The summed E-state index contributed by atoms with van der Waals surface area (Å²) in [6, 6.07) is 11.6. The number of hydrogen-bond donors (Lipinski definition) is 2. The standard InChI is InChI=1S/C19H19N5O5/c1-12(20-22-18(25)14-4-8-16(9-5-14)24(27)28)13(2)21-23-19(26)15-6-10-17(29-3)11-7-15/h4-11H,1-3H3,(H,22,25)(H,23,26)/b20-12+,21-13+. The number of benzene rings is 2. The number of carbonyl (C=O) groups is 2. The number of hydrogen-bond acceptors (Lipinski definition) is 7. The molecule has 2 rings (SSSR count). The fourth-order valence-corrected chi connectivity index (χ4v) is 2.04. The molecule has 10 heteroatoms. The zero-order valence-electron chi connectivity index (χ0n) is 16.0. The lowest BCUT2D eigenvalue weighted by Crippen LogP contribution is -2.24. The molecule has 0 atom stereocenters. The summed E-state index contributed by atoms with van der Waals surface area (Å²) in [5.41, 5.74) is 6.00. The first-order chi connectivity index (χ1) is 13.8. The molecule has 0 aromatic heterocycles. The number of non-ortho nitro benzene ring substituents is 1. The molecular formula is C19H19N5O5. The van der Waals surface area contributed by atoms with Crippen LogP contribution in [0.25, 0.3) is 0 Å². The number of ether oxygens (including phenoxy) is 1. The summed E-state index contributed by atoms with van der Waals surface area (Å²) in [6.07, 6.45) is 0. The molecule has 0 spiro atoms. The molecule has 0 saturated heterocycles. The summed E-state index contributed by atoms with van der Waals surface area (Å²) in [4.78, 5) is 34.2. The highest BCUT2D eigenvalue weighted by atomic mass is 16.6. The Morgan fingerprint density at radius 3 is 1.66 bits per heavy atom. The fourth-order valence-electron chi connectivity index (χ4n) is 2.04. The van der Waals surface area contributed by atoms with Gasteiger partial charge in [0.05, 0.1) is 23.5 Å². The van der Waals surface area contributed by atoms with E-state index in [1.54, 1.807) is 38.1 Å². The molecule has 0 unspecified atom stereocenters. The van der Waals surface area contributed by atoms with Gasteiger partial charge in [-0.15, -0.1) is 0 Å². The van der Waals surface area contributed by atoms with Crippen molar-refractivity contribution in [2.45, 2.75) is 13.8 Å². The highest BCUT2D eigenvalue weighted by Crippen LogP contribution is 2.12. The van der Waals surface area contributed by atoms with Gasteiger partial charge >= 0.3 is 0 Å². The zero-order chi connectivity index (χ0) is 21.4. The van der Waals surface area contributed by atoms with Gasteiger partial charge in [0.2, 0.25) is 0 Å². The molecule has 150 valence electrons. The molecular weight excluding hydrogens is 378 g/mol. The lowest BCUT2D eigenvalue weighted by atomic mass is 10.2. The average molecular weight is 397 g/mol. The van der Waals surface area contributed by atoms with Crippen molar-refractivity contribution in [3.63, 3.8) is 0 Å². The van der Waals surface area contributed by atoms with Gasteiger partial charge in [-0.25, -0.2) is 10.9 Å². The summed E-state index contributed by atoms with van der Waals surface area (Å²) in [6.45, 7) is 3.22. The maximum Gasteiger partial charge on any atom is 0.271 e. The molecule has 0 fully saturated rings. The third kappa shape index (κ3) is 5.96. The van der Waals surface area contributed by atoms with E-state index >= 15 is 0 Å². The first-order valence-corrected chi connectivity index (χ1v) is 8.40. The fraction of sp³-hybridized carbons (Fsp3) is 0.158. The van der Waals surface area contributed by atoms with E-state index in [1.807, 2.05) is 0 Å². The summed E-state index contributed by atoms with van der Waals surface area (Å²) in [7, 11) is 1.53. The van der Waals surface area contributed by atoms with Crippen LogP contribution < -0.4 is 15.6 Å². The lowest BCUT2D eigenvalue weighted by molar-refractivity contribution is -0.384. The van der Waals surface area contributed by atoms with Gasteiger partial charge in [-0.1, -0.05) is 0 Å². The van der Waals surface area contributed by atoms with Crippen LogP contribution in [0, 0.1) is 10.1 Å². The molecule has 0 aliphatic rings. The second-order valence-electron chi connectivity index (χ2n) is 5.81. The van der Waals surface area contributed by atoms with Crippen molar-refractivity contribution in [1.82, 2.24) is 10.9 Å². The molecule has 2 amide bonds. The van der Waals surface area contributed by atoms with Crippen molar-refractivity contribution in [2.24, 2.45) is 10.2 Å². The highest BCUT2D eigenvalue weighted by Gasteiger charge is 2.09. The van der Waals surface area contributed by atoms with E-state index in [2.05, 4.69) is 21.1 Å². The molecule has 0 heterocycles. The van der Waals surface area contributed by atoms with Gasteiger partial charge < -0.3 is 4.74 Å². The van der Waals surface area contributed by atoms with Crippen LogP contribution in [0.2, 0.25) is 0 Å². The lowest BCUT2D eigenvalue weighted by Gasteiger charge is -2.05. The normalized spacial score (nSPS) is 11.6. The van der Waals surface area contributed by atoms with Crippen LogP contribution in [-0.4, -0.2) is 35.3 Å². The summed E-state index contributed by atoms with van der Waals surface area (Å²) in [5.74, 6) is -0.308. The quantitative estimate of drug-likeness (QED) is 0.420. The highest BCUT2D eigenvalue weighted by molar-refractivity contribution is 6.40. The van der Waals surface area contributed by atoms with Crippen LogP contribution >= 0.6 is 0 Å². The van der Waals surface area contributed by atoms with E-state index < -0.39 is 16.7 Å². The van der Waals surface area contributed by atoms with E-state index in [0.717, 1.165) is 0 Å². The molecule has 2 aromatic carbocycles. The molecule has 2 N–H and O–H groups in total. The second-order valence-corrected chi connectivity index (χ2v) is 5.81. The topological polar surface area (TPSA) is 135 Å². The third-order valence-electron chi connectivity index (χ3n) is 3.87. The largest absolute Gasteiger partial charge is 0.497 e. The van der Waals surface area contributed by atoms with Gasteiger partial charge in [0, 0.05) is 23.3 Å². The molecule has 0 aliphatic heterocycles. The molecule has 0 bridgehead atoms. The maximum atomic E-state index is 12.1. The summed E-state index contributed by atoms with van der Waals surface area (Å²) in [5, 5.41) is 18.5. The van der Waals surface area contributed by atoms with E-state index in [0.29, 0.717) is 22.7 Å². The number of nitro groups is 1. The monoisotopic (exact) mass is 397 g/mol. The average Bonchev–Trinajstić information content (AvgIpc) is 2.75. The van der Waals surface area contributed by atoms with E-state index in [9.17, 15) is 19.7 Å². The van der Waals surface area contributed by atoms with E-state index in [1.165, 1.54) is 31.4 Å². The Bertz CT molecular complexity index is 965. The first kappa shape index (κ1) is 21.2. The number of nitrogens with one attached hydrogen (secondary N) is 2. The molecule has 0 saturated carbocycles. The summed E-state index contributed by atoms with van der Waals surface area (Å²) < 4.78 is 5.03. The van der Waals surface area contributed by atoms with Gasteiger partial charge in [0.15, 0.2) is 0 Å². The molecule has 10 nitrogen and oxygen atoms in total. The third-order valence-corrected chi connectivity index (χ3v) is 3.87. The number of rotatable bonds is 7. The Morgan fingerprint density at radius 1 is 0.862 bits per heavy atom. The molecule has 29 heavy (non-hydrogen) atoms. The van der Waals surface area contributed by atoms with Gasteiger partial charge in [0.25, 0.3) is 17.5 Å². The van der Waals surface area contributed by atoms with Crippen LogP contribution in [0.3, 0.4) is 0 Å². The Morgan fingerprint density at radius 2 is 1.28 bits per heavy atom. The minimum absolute atomic E-state index is 0.114. The van der Waals surface area contributed by atoms with Crippen molar-refractivity contribution < 1.29 is 19.2 Å². The van der Waals surface area contributed by atoms with Gasteiger partial charge in [-0.3, -0.25) is 19.7 Å². The van der Waals surface area contributed by atoms with Gasteiger partial charge in [-0.2, -0.15) is 10.2 Å². The predicted octanol–water partition coefficient (Wildman–Crippen LogP) is 2.52. The number of methoxy groups -OCH3 is 1. The Labute approximate surface area is 166 Å². The summed E-state index contributed by atoms with van der Waals surface area (Å²) >= 11 is 0. The molecule has 2 aromatic rings. The number of hydrazone groups is 2. The Kier molecular flexibility index (Phi) is 7.13. The zero-order valence-corrected chi connectivity index (χ0v) is 16.0. The first-order valence-electron chi connectivity index (χ1n) is 8.40. The van der Waals surface area contributed by atoms with Crippen LogP contribution in [0.5, 0.6) is 5.75 Å². The predicted molar refractivity (Wildman–Crippen MR) is 107 cm³/mol. The molecule has 0 radical (unpaired) electrons. The van der Waals surface area contributed by atoms with Crippen molar-refractivity contribution in [1.29, 1.82) is 0 Å². The van der Waals surface area contributed by atoms with Gasteiger partial charge in [0.1, 0.15) is 5.75 Å². The number of amides is 2. The maximum absolute atomic E-state index is 12.1. The minimum Gasteiger partial charge on any atom is -0.497 e. The Hall–Kier alpha value is -4.08. The number of carbonyl (C=O) groups excluding carboxylic acids is 2. The van der Waals surface area contributed by atoms with Crippen molar-refractivity contribution in [3.05, 3.63) is 69.8 Å². The van der Waals surface area contributed by atoms with Crippen LogP contribution in [-0.2, 0) is 0 Å². The van der Waals surface area contributed by atoms with E-state index in [4.69, 9.17) is 4.74 Å². The van der Waals surface area contributed by atoms with Crippen LogP contribution in [0.15, 0.2) is 58.7 Å². The SMILES string of the molecule is COc1ccc(C(=O)N/N=C(C)/C(C)=N/NC(=O)c2ccc([N+](=O)[O-])cc2)cc1. The van der Waals surface area contributed by atoms with Crippen molar-refractivity contribution >= 4 is 28.9 Å². The number of nitrogens with zero attached hydrogens (tertiary/aromatic N) is 3.